The van der Waals surface area contributed by atoms with E-state index in [2.05, 4.69) is 41.5 Å². The summed E-state index contributed by atoms with van der Waals surface area (Å²) in [4.78, 5) is 0. The van der Waals surface area contributed by atoms with Crippen molar-refractivity contribution >= 4 is 6.71 Å². The first-order valence-corrected chi connectivity index (χ1v) is 6.30. The summed E-state index contributed by atoms with van der Waals surface area (Å²) in [6, 6.07) is 0. The van der Waals surface area contributed by atoms with Gasteiger partial charge < -0.3 is 0 Å². The summed E-state index contributed by atoms with van der Waals surface area (Å²) in [5.74, 6) is 2.93. The van der Waals surface area contributed by atoms with Crippen molar-refractivity contribution in [2.45, 2.75) is 78.3 Å². The van der Waals surface area contributed by atoms with Crippen LogP contribution < -0.4 is 51.4 Å². The molecule has 0 aromatic rings. The largest absolute Gasteiger partial charge is 1.00 e. The van der Waals surface area contributed by atoms with Gasteiger partial charge in [0.25, 0.3) is 0 Å². The van der Waals surface area contributed by atoms with Crippen molar-refractivity contribution in [2.75, 3.05) is 0 Å². The normalized spacial score (nSPS) is 19.3. The predicted molar refractivity (Wildman–Crippen MR) is 66.3 cm³/mol. The minimum atomic E-state index is 0. The fourth-order valence-corrected chi connectivity index (χ4v) is 3.06. The molecular formula is C12H28BK. The molecule has 14 heavy (non-hydrogen) atoms. The van der Waals surface area contributed by atoms with Crippen molar-refractivity contribution in [2.24, 2.45) is 0 Å². The topological polar surface area (TPSA) is 0 Å². The molecule has 0 aromatic heterocycles. The Hall–Kier alpha value is 1.70. The third kappa shape index (κ3) is 5.69. The Bertz CT molecular complexity index is 104. The molecule has 0 bridgehead atoms. The van der Waals surface area contributed by atoms with Gasteiger partial charge in [0.1, 0.15) is 0 Å². The van der Waals surface area contributed by atoms with Gasteiger partial charge in [-0.3, -0.25) is 0 Å². The Labute approximate surface area is 134 Å². The molecule has 0 aromatic carbocycles. The maximum absolute atomic E-state index is 2.46. The zero-order chi connectivity index (χ0) is 10.4. The summed E-state index contributed by atoms with van der Waals surface area (Å²) < 4.78 is 0. The molecule has 0 rings (SSSR count). The maximum atomic E-state index is 2.46. The van der Waals surface area contributed by atoms with Crippen molar-refractivity contribution in [3.8, 4) is 0 Å². The van der Waals surface area contributed by atoms with Crippen molar-refractivity contribution in [3.05, 3.63) is 0 Å². The Morgan fingerprint density at radius 3 is 1.07 bits per heavy atom. The van der Waals surface area contributed by atoms with Crippen LogP contribution in [-0.4, -0.2) is 6.71 Å². The van der Waals surface area contributed by atoms with E-state index in [0.717, 1.165) is 17.5 Å². The minimum absolute atomic E-state index is 0. The first-order chi connectivity index (χ1) is 6.08. The van der Waals surface area contributed by atoms with Crippen molar-refractivity contribution in [1.29, 1.82) is 0 Å². The van der Waals surface area contributed by atoms with Crippen molar-refractivity contribution in [3.63, 3.8) is 0 Å². The molecule has 0 saturated carbocycles. The first-order valence-electron chi connectivity index (χ1n) is 6.30. The van der Waals surface area contributed by atoms with Gasteiger partial charge in [0.05, 0.1) is 0 Å². The van der Waals surface area contributed by atoms with E-state index in [-0.39, 0.29) is 58.1 Å². The fraction of sp³-hybridized carbons (Fsp3) is 1.00. The van der Waals surface area contributed by atoms with Gasteiger partial charge in [-0.1, -0.05) is 60.8 Å². The van der Waals surface area contributed by atoms with Gasteiger partial charge in [0.2, 0.25) is 0 Å². The van der Waals surface area contributed by atoms with Gasteiger partial charge in [-0.25, -0.2) is 0 Å². The van der Waals surface area contributed by atoms with Crippen molar-refractivity contribution < 1.29 is 51.4 Å². The molecule has 0 aliphatic heterocycles. The molecule has 0 aliphatic carbocycles. The predicted octanol–water partition coefficient (Wildman–Crippen LogP) is 1.62. The van der Waals surface area contributed by atoms with Crippen molar-refractivity contribution in [1.82, 2.24) is 0 Å². The average molecular weight is 222 g/mol. The van der Waals surface area contributed by atoms with Crippen LogP contribution in [0.5, 0.6) is 0 Å². The zero-order valence-electron chi connectivity index (χ0n) is 11.6. The molecule has 0 saturated heterocycles. The summed E-state index contributed by atoms with van der Waals surface area (Å²) in [5.41, 5.74) is 0. The monoisotopic (exact) mass is 222 g/mol. The second kappa shape index (κ2) is 9.89. The summed E-state index contributed by atoms with van der Waals surface area (Å²) in [6.45, 7) is 14.5. The van der Waals surface area contributed by atoms with Crippen LogP contribution in [0.2, 0.25) is 17.5 Å². The van der Waals surface area contributed by atoms with Crippen LogP contribution in [0.1, 0.15) is 60.8 Å². The van der Waals surface area contributed by atoms with Gasteiger partial charge in [0.15, 0.2) is 0 Å². The molecule has 0 aliphatic rings. The van der Waals surface area contributed by atoms with Gasteiger partial charge in [-0.15, -0.1) is 0 Å². The van der Waals surface area contributed by atoms with E-state index >= 15 is 0 Å². The van der Waals surface area contributed by atoms with E-state index in [9.17, 15) is 0 Å². The molecule has 0 heterocycles. The van der Waals surface area contributed by atoms with E-state index in [4.69, 9.17) is 0 Å². The molecule has 3 atom stereocenters. The Morgan fingerprint density at radius 1 is 0.714 bits per heavy atom. The second-order valence-electron chi connectivity index (χ2n) is 5.25. The molecule has 80 valence electrons. The summed E-state index contributed by atoms with van der Waals surface area (Å²) in [5, 5.41) is 0. The Kier molecular flexibility index (Phi) is 12.8. The van der Waals surface area contributed by atoms with Crippen LogP contribution in [0.4, 0.5) is 0 Å². The number of hydrogen-bond acceptors (Lipinski definition) is 0. The number of rotatable bonds is 6. The summed E-state index contributed by atoms with van der Waals surface area (Å²) in [7, 11) is 0. The standard InChI is InChI=1S/C12H28B.K/c1-7-10(4)13(11(5)8-2)12(6)9-3;/h10-13H,7-9H2,1-6H3;/q-1;+1. The molecule has 2 heteroatoms. The molecular weight excluding hydrogens is 194 g/mol. The molecule has 0 nitrogen and oxygen atoms in total. The van der Waals surface area contributed by atoms with E-state index in [1.807, 2.05) is 0 Å². The van der Waals surface area contributed by atoms with Crippen LogP contribution in [0.25, 0.3) is 0 Å². The fourth-order valence-electron chi connectivity index (χ4n) is 3.06. The molecule has 0 N–H and O–H groups in total. The minimum Gasteiger partial charge on any atom is -0.172 e. The van der Waals surface area contributed by atoms with Crippen LogP contribution in [-0.2, 0) is 0 Å². The SMILES string of the molecule is CCC(C)[BH-](C(C)CC)C(C)CC.[K+]. The second-order valence-corrected chi connectivity index (χ2v) is 5.25. The van der Waals surface area contributed by atoms with Gasteiger partial charge in [-0.2, -0.15) is 17.5 Å². The van der Waals surface area contributed by atoms with Crippen LogP contribution in [0.15, 0.2) is 0 Å². The van der Waals surface area contributed by atoms with Crippen LogP contribution in [0.3, 0.4) is 0 Å². The molecule has 0 fully saturated rings. The number of hydrogen-bond donors (Lipinski definition) is 0. The molecule has 0 radical (unpaired) electrons. The third-order valence-corrected chi connectivity index (χ3v) is 4.50. The Balaban J connectivity index is 0. The Morgan fingerprint density at radius 2 is 0.929 bits per heavy atom. The van der Waals surface area contributed by atoms with Gasteiger partial charge in [-0.05, 0) is 6.71 Å². The van der Waals surface area contributed by atoms with E-state index < -0.39 is 0 Å². The summed E-state index contributed by atoms with van der Waals surface area (Å²) in [6.07, 6.45) is 4.11. The quantitative estimate of drug-likeness (QED) is 0.599. The zero-order valence-corrected chi connectivity index (χ0v) is 14.7. The van der Waals surface area contributed by atoms with E-state index in [1.165, 1.54) is 19.3 Å². The molecule has 3 unspecified atom stereocenters. The average Bonchev–Trinajstić information content (AvgIpc) is 2.16. The first kappa shape index (κ1) is 18.1. The summed E-state index contributed by atoms with van der Waals surface area (Å²) >= 11 is 0. The van der Waals surface area contributed by atoms with E-state index in [0.29, 0.717) is 0 Å². The van der Waals surface area contributed by atoms with E-state index in [1.54, 1.807) is 0 Å². The van der Waals surface area contributed by atoms with Crippen LogP contribution in [0, 0.1) is 0 Å². The smallest absolute Gasteiger partial charge is 0.172 e. The van der Waals surface area contributed by atoms with Crippen LogP contribution >= 0.6 is 0 Å². The maximum Gasteiger partial charge on any atom is 1.00 e. The van der Waals surface area contributed by atoms with Gasteiger partial charge in [0, 0.05) is 0 Å². The third-order valence-electron chi connectivity index (χ3n) is 4.50. The molecule has 0 spiro atoms. The van der Waals surface area contributed by atoms with Gasteiger partial charge >= 0.3 is 51.4 Å². The molecule has 0 amide bonds.